The number of nitrogens with zero attached hydrogens (tertiary/aromatic N) is 3. The molecule has 8 nitrogen and oxygen atoms in total. The molecule has 8 heteroatoms. The van der Waals surface area contributed by atoms with Gasteiger partial charge in [0, 0.05) is 6.54 Å². The third-order valence-electron chi connectivity index (χ3n) is 1.33. The van der Waals surface area contributed by atoms with Crippen molar-refractivity contribution in [2.45, 2.75) is 6.42 Å². The minimum Gasteiger partial charge on any atom is -0.481 e. The number of carbonyl (C=O) groups is 2. The molecule has 0 aliphatic carbocycles. The summed E-state index contributed by atoms with van der Waals surface area (Å²) in [6.45, 7) is 0.0431. The maximum atomic E-state index is 11.1. The van der Waals surface area contributed by atoms with Crippen LogP contribution in [0.15, 0.2) is 12.4 Å². The number of carboxylic acids is 1. The molecule has 0 bridgehead atoms. The van der Waals surface area contributed by atoms with Crippen LogP contribution in [0.1, 0.15) is 6.42 Å². The van der Waals surface area contributed by atoms with Gasteiger partial charge in [0.25, 0.3) is 5.95 Å². The van der Waals surface area contributed by atoms with Crippen molar-refractivity contribution in [3.63, 3.8) is 0 Å². The average Bonchev–Trinajstić information content (AvgIpc) is 2.18. The zero-order valence-electron chi connectivity index (χ0n) is 7.67. The number of urea groups is 1. The second kappa shape index (κ2) is 5.47. The van der Waals surface area contributed by atoms with E-state index in [1.807, 2.05) is 0 Å². The summed E-state index contributed by atoms with van der Waals surface area (Å²) in [5, 5.41) is 19.9. The number of hydrogen-bond acceptors (Lipinski definition) is 5. The molecular formula is C7H9N5O3. The normalized spacial score (nSPS) is 9.33. The van der Waals surface area contributed by atoms with Gasteiger partial charge in [-0.15, -0.1) is 5.10 Å². The van der Waals surface area contributed by atoms with Crippen molar-refractivity contribution < 1.29 is 14.7 Å². The smallest absolute Gasteiger partial charge is 0.321 e. The number of amides is 2. The molecule has 0 radical (unpaired) electrons. The van der Waals surface area contributed by atoms with Crippen molar-refractivity contribution in [1.82, 2.24) is 20.5 Å². The standard InChI is InChI=1S/C7H9N5O3/c13-5(14)1-2-9-7(15)11-6-8-3-4-10-12-6/h3-4H,1-2H2,(H,13,14)(H2,8,9,11,12,15). The van der Waals surface area contributed by atoms with Gasteiger partial charge < -0.3 is 10.4 Å². The molecule has 2 amide bonds. The Hall–Kier alpha value is -2.25. The Morgan fingerprint density at radius 3 is 2.80 bits per heavy atom. The van der Waals surface area contributed by atoms with Crippen molar-refractivity contribution >= 4 is 17.9 Å². The summed E-state index contributed by atoms with van der Waals surface area (Å²) in [5.41, 5.74) is 0. The van der Waals surface area contributed by atoms with E-state index in [0.717, 1.165) is 0 Å². The van der Waals surface area contributed by atoms with Crippen molar-refractivity contribution in [3.05, 3.63) is 12.4 Å². The van der Waals surface area contributed by atoms with Gasteiger partial charge in [0.2, 0.25) is 0 Å². The highest BCUT2D eigenvalue weighted by Crippen LogP contribution is 1.90. The summed E-state index contributed by atoms with van der Waals surface area (Å²) in [5.74, 6) is -0.918. The summed E-state index contributed by atoms with van der Waals surface area (Å²) >= 11 is 0. The number of nitrogens with one attached hydrogen (secondary N) is 2. The van der Waals surface area contributed by atoms with Crippen LogP contribution in [-0.4, -0.2) is 38.8 Å². The van der Waals surface area contributed by atoms with Gasteiger partial charge in [-0.2, -0.15) is 5.10 Å². The number of aliphatic carboxylic acids is 1. The third-order valence-corrected chi connectivity index (χ3v) is 1.33. The predicted octanol–water partition coefficient (Wildman–Crippen LogP) is -0.532. The molecule has 0 saturated heterocycles. The van der Waals surface area contributed by atoms with E-state index in [9.17, 15) is 9.59 Å². The lowest BCUT2D eigenvalue weighted by molar-refractivity contribution is -0.136. The van der Waals surface area contributed by atoms with Crippen LogP contribution in [0, 0.1) is 0 Å². The maximum Gasteiger partial charge on any atom is 0.321 e. The summed E-state index contributed by atoms with van der Waals surface area (Å²) in [4.78, 5) is 24.9. The molecule has 0 aliphatic rings. The Balaban J connectivity index is 2.28. The molecule has 1 rings (SSSR count). The minimum absolute atomic E-state index is 0.0431. The first kappa shape index (κ1) is 10.8. The molecular weight excluding hydrogens is 202 g/mol. The van der Waals surface area contributed by atoms with Crippen LogP contribution in [0.4, 0.5) is 10.7 Å². The number of carboxylic acid groups (broad SMARTS) is 1. The van der Waals surface area contributed by atoms with Gasteiger partial charge in [-0.1, -0.05) is 0 Å². The number of aromatic nitrogens is 3. The molecule has 0 aromatic carbocycles. The van der Waals surface area contributed by atoms with Crippen LogP contribution in [0.2, 0.25) is 0 Å². The summed E-state index contributed by atoms with van der Waals surface area (Å²) in [7, 11) is 0. The number of hydrogen-bond donors (Lipinski definition) is 3. The topological polar surface area (TPSA) is 117 Å². The molecule has 0 saturated carbocycles. The van der Waals surface area contributed by atoms with Crippen molar-refractivity contribution in [2.24, 2.45) is 0 Å². The highest BCUT2D eigenvalue weighted by molar-refractivity contribution is 5.87. The first-order valence-corrected chi connectivity index (χ1v) is 4.09. The van der Waals surface area contributed by atoms with E-state index in [0.29, 0.717) is 0 Å². The Morgan fingerprint density at radius 1 is 1.40 bits per heavy atom. The van der Waals surface area contributed by atoms with Crippen LogP contribution in [0.3, 0.4) is 0 Å². The predicted molar refractivity (Wildman–Crippen MR) is 49.1 cm³/mol. The summed E-state index contributed by atoms with van der Waals surface area (Å²) in [6.07, 6.45) is 2.61. The van der Waals surface area contributed by atoms with Gasteiger partial charge in [0.1, 0.15) is 0 Å². The molecule has 15 heavy (non-hydrogen) atoms. The summed E-state index contributed by atoms with van der Waals surface area (Å²) in [6, 6.07) is -0.566. The van der Waals surface area contributed by atoms with E-state index >= 15 is 0 Å². The van der Waals surface area contributed by atoms with Crippen LogP contribution in [0.5, 0.6) is 0 Å². The largest absolute Gasteiger partial charge is 0.481 e. The third kappa shape index (κ3) is 4.50. The van der Waals surface area contributed by atoms with E-state index in [1.54, 1.807) is 0 Å². The first-order chi connectivity index (χ1) is 7.18. The summed E-state index contributed by atoms with van der Waals surface area (Å²) < 4.78 is 0. The SMILES string of the molecule is O=C(O)CCNC(=O)Nc1nccnn1. The van der Waals surface area contributed by atoms with E-state index in [2.05, 4.69) is 25.8 Å². The molecule has 0 atom stereocenters. The van der Waals surface area contributed by atoms with Crippen LogP contribution >= 0.6 is 0 Å². The molecule has 0 unspecified atom stereocenters. The fourth-order valence-electron chi connectivity index (χ4n) is 0.734. The Bertz CT molecular complexity index is 342. The Labute approximate surface area is 84.7 Å². The lowest BCUT2D eigenvalue weighted by atomic mass is 10.4. The molecule has 80 valence electrons. The van der Waals surface area contributed by atoms with E-state index < -0.39 is 12.0 Å². The van der Waals surface area contributed by atoms with Gasteiger partial charge in [0.15, 0.2) is 0 Å². The fourth-order valence-corrected chi connectivity index (χ4v) is 0.734. The molecule has 1 aromatic heterocycles. The molecule has 0 fully saturated rings. The molecule has 3 N–H and O–H groups in total. The second-order valence-electron chi connectivity index (χ2n) is 2.49. The highest BCUT2D eigenvalue weighted by Gasteiger charge is 2.03. The van der Waals surface area contributed by atoms with Crippen LogP contribution < -0.4 is 10.6 Å². The molecule has 0 spiro atoms. The number of carbonyl (C=O) groups excluding carboxylic acids is 1. The van der Waals surface area contributed by atoms with Crippen LogP contribution in [0.25, 0.3) is 0 Å². The van der Waals surface area contributed by atoms with Crippen molar-refractivity contribution in [2.75, 3.05) is 11.9 Å². The van der Waals surface area contributed by atoms with E-state index in [-0.39, 0.29) is 18.9 Å². The Kier molecular flexibility index (Phi) is 3.95. The first-order valence-electron chi connectivity index (χ1n) is 4.09. The van der Waals surface area contributed by atoms with Gasteiger partial charge in [-0.05, 0) is 0 Å². The van der Waals surface area contributed by atoms with Crippen molar-refractivity contribution in [1.29, 1.82) is 0 Å². The van der Waals surface area contributed by atoms with E-state index in [1.165, 1.54) is 12.4 Å². The number of rotatable bonds is 4. The van der Waals surface area contributed by atoms with Crippen molar-refractivity contribution in [3.8, 4) is 0 Å². The lowest BCUT2D eigenvalue weighted by Gasteiger charge is -2.03. The number of anilines is 1. The van der Waals surface area contributed by atoms with Gasteiger partial charge in [-0.25, -0.2) is 9.78 Å². The molecule has 0 aliphatic heterocycles. The monoisotopic (exact) mass is 211 g/mol. The quantitative estimate of drug-likeness (QED) is 0.616. The second-order valence-corrected chi connectivity index (χ2v) is 2.49. The Morgan fingerprint density at radius 2 is 2.20 bits per heavy atom. The zero-order valence-corrected chi connectivity index (χ0v) is 7.67. The minimum atomic E-state index is -0.979. The van der Waals surface area contributed by atoms with Gasteiger partial charge in [0.05, 0.1) is 18.8 Å². The molecule has 1 aromatic rings. The lowest BCUT2D eigenvalue weighted by Crippen LogP contribution is -2.31. The highest BCUT2D eigenvalue weighted by atomic mass is 16.4. The van der Waals surface area contributed by atoms with Crippen LogP contribution in [-0.2, 0) is 4.79 Å². The van der Waals surface area contributed by atoms with E-state index in [4.69, 9.17) is 5.11 Å². The fraction of sp³-hybridized carbons (Fsp3) is 0.286. The van der Waals surface area contributed by atoms with Gasteiger partial charge >= 0.3 is 12.0 Å². The maximum absolute atomic E-state index is 11.1. The molecule has 1 heterocycles. The zero-order chi connectivity index (χ0) is 11.1. The van der Waals surface area contributed by atoms with Gasteiger partial charge in [-0.3, -0.25) is 10.1 Å². The average molecular weight is 211 g/mol.